The Hall–Kier alpha value is -2.86. The van der Waals surface area contributed by atoms with Crippen molar-refractivity contribution in [1.29, 1.82) is 0 Å². The molecular formula is C31H51N7O4S. The number of aromatic nitrogens is 2. The maximum atomic E-state index is 14.1. The maximum Gasteiger partial charge on any atom is 0.249 e. The van der Waals surface area contributed by atoms with E-state index in [0.717, 1.165) is 32.2 Å². The summed E-state index contributed by atoms with van der Waals surface area (Å²) in [6.07, 6.45) is 5.95. The van der Waals surface area contributed by atoms with Crippen LogP contribution in [0.2, 0.25) is 0 Å². The van der Waals surface area contributed by atoms with Gasteiger partial charge >= 0.3 is 0 Å². The van der Waals surface area contributed by atoms with Gasteiger partial charge in [-0.3, -0.25) is 29.4 Å². The zero-order valence-corrected chi connectivity index (χ0v) is 28.2. The quantitative estimate of drug-likeness (QED) is 0.384. The van der Waals surface area contributed by atoms with Gasteiger partial charge in [-0.05, 0) is 64.3 Å². The summed E-state index contributed by atoms with van der Waals surface area (Å²) in [6.45, 7) is 17.2. The van der Waals surface area contributed by atoms with Gasteiger partial charge in [0.25, 0.3) is 0 Å². The van der Waals surface area contributed by atoms with Crippen LogP contribution in [0.3, 0.4) is 0 Å². The van der Waals surface area contributed by atoms with Crippen molar-refractivity contribution >= 4 is 40.1 Å². The molecule has 2 N–H and O–H groups in total. The molecule has 240 valence electrons. The normalized spacial score (nSPS) is 21.6. The lowest BCUT2D eigenvalue weighted by Crippen LogP contribution is -2.60. The highest BCUT2D eigenvalue weighted by Gasteiger charge is 2.40. The fourth-order valence-corrected chi connectivity index (χ4v) is 6.54. The number of rotatable bonds is 10. The highest BCUT2D eigenvalue weighted by molar-refractivity contribution is 7.13. The molecule has 0 radical (unpaired) electrons. The van der Waals surface area contributed by atoms with E-state index in [0.29, 0.717) is 23.7 Å². The first-order chi connectivity index (χ1) is 20.1. The molecule has 2 aliphatic heterocycles. The molecular weight excluding hydrogens is 566 g/mol. The van der Waals surface area contributed by atoms with Crippen molar-refractivity contribution in [3.8, 4) is 0 Å². The van der Waals surface area contributed by atoms with E-state index in [-0.39, 0.29) is 41.6 Å². The Morgan fingerprint density at radius 2 is 1.70 bits per heavy atom. The molecule has 0 bridgehead atoms. The van der Waals surface area contributed by atoms with Crippen molar-refractivity contribution < 1.29 is 19.2 Å². The lowest BCUT2D eigenvalue weighted by atomic mass is 9.84. The summed E-state index contributed by atoms with van der Waals surface area (Å²) in [5.74, 6) is -0.810. The molecule has 12 heteroatoms. The van der Waals surface area contributed by atoms with Crippen LogP contribution < -0.4 is 10.6 Å². The zero-order valence-electron chi connectivity index (χ0n) is 27.3. The van der Waals surface area contributed by atoms with Crippen LogP contribution in [0, 0.1) is 11.3 Å². The van der Waals surface area contributed by atoms with Crippen LogP contribution in [-0.4, -0.2) is 98.9 Å². The number of anilines is 1. The predicted molar refractivity (Wildman–Crippen MR) is 169 cm³/mol. The van der Waals surface area contributed by atoms with Crippen LogP contribution in [-0.2, 0) is 19.2 Å². The third kappa shape index (κ3) is 8.62. The van der Waals surface area contributed by atoms with Gasteiger partial charge in [0.05, 0.1) is 12.1 Å². The highest BCUT2D eigenvalue weighted by Crippen LogP contribution is 2.27. The largest absolute Gasteiger partial charge is 0.342 e. The number of likely N-dealkylation sites (tertiary alicyclic amines) is 2. The third-order valence-corrected chi connectivity index (χ3v) is 9.16. The van der Waals surface area contributed by atoms with Gasteiger partial charge < -0.3 is 15.1 Å². The first kappa shape index (κ1) is 34.6. The van der Waals surface area contributed by atoms with E-state index in [1.807, 2.05) is 40.7 Å². The number of piperidine rings is 1. The maximum absolute atomic E-state index is 14.1. The molecule has 2 fully saturated rings. The average molecular weight is 618 g/mol. The van der Waals surface area contributed by atoms with E-state index in [1.165, 1.54) is 16.8 Å². The van der Waals surface area contributed by atoms with E-state index in [2.05, 4.69) is 39.6 Å². The number of carbonyl (C=O) groups excluding carboxylic acids is 4. The standard InChI is InChI=1S/C31H51N7O4S/c1-19(2)24(17-21(5)28(41)38-16-12-14-23(38)27(40)34-30-35-32-18-43-30)36(9)29(42)25(31(6,7)8)33-26(39)22-13-10-11-15-37(22)20(3)4/h17-20,22-25H,10-16H2,1-9H3,(H,33,39)(H,34,35,40)/b21-17+. The number of hydrogen-bond donors (Lipinski definition) is 2. The Bertz CT molecular complexity index is 1160. The lowest BCUT2D eigenvalue weighted by Gasteiger charge is -2.41. The minimum absolute atomic E-state index is 0.00197. The average Bonchev–Trinajstić information content (AvgIpc) is 3.65. The zero-order chi connectivity index (χ0) is 32.1. The Balaban J connectivity index is 1.77. The van der Waals surface area contributed by atoms with Crippen LogP contribution in [0.25, 0.3) is 0 Å². The molecule has 0 saturated carbocycles. The molecule has 0 aromatic carbocycles. The molecule has 2 aliphatic rings. The van der Waals surface area contributed by atoms with Gasteiger partial charge in [0.15, 0.2) is 0 Å². The van der Waals surface area contributed by atoms with E-state index in [9.17, 15) is 19.2 Å². The van der Waals surface area contributed by atoms with Gasteiger partial charge in [-0.15, -0.1) is 10.2 Å². The summed E-state index contributed by atoms with van der Waals surface area (Å²) in [4.78, 5) is 59.7. The summed E-state index contributed by atoms with van der Waals surface area (Å²) in [7, 11) is 1.74. The van der Waals surface area contributed by atoms with Crippen LogP contribution in [0.15, 0.2) is 17.2 Å². The van der Waals surface area contributed by atoms with Gasteiger partial charge in [-0.1, -0.05) is 58.5 Å². The Morgan fingerprint density at radius 1 is 1.02 bits per heavy atom. The summed E-state index contributed by atoms with van der Waals surface area (Å²) in [5, 5.41) is 13.9. The van der Waals surface area contributed by atoms with Crippen molar-refractivity contribution in [2.24, 2.45) is 11.3 Å². The second-order valence-electron chi connectivity index (χ2n) is 13.6. The number of nitrogens with zero attached hydrogens (tertiary/aromatic N) is 5. The highest BCUT2D eigenvalue weighted by atomic mass is 32.1. The summed E-state index contributed by atoms with van der Waals surface area (Å²) in [6, 6.07) is -1.74. The SMILES string of the molecule is C/C(=C\C(C(C)C)N(C)C(=O)C(NC(=O)C1CCCCN1C(C)C)C(C)(C)C)C(=O)N1CCCC1C(=O)Nc1nncs1. The van der Waals surface area contributed by atoms with Crippen LogP contribution in [0.1, 0.15) is 87.5 Å². The molecule has 3 rings (SSSR count). The van der Waals surface area contributed by atoms with Crippen molar-refractivity contribution in [3.05, 3.63) is 17.2 Å². The predicted octanol–water partition coefficient (Wildman–Crippen LogP) is 3.69. The topological polar surface area (TPSA) is 128 Å². The molecule has 0 aliphatic carbocycles. The fourth-order valence-electron chi connectivity index (χ4n) is 6.10. The number of hydrogen-bond acceptors (Lipinski definition) is 8. The molecule has 1 aromatic heterocycles. The molecule has 0 spiro atoms. The van der Waals surface area contributed by atoms with E-state index in [4.69, 9.17) is 0 Å². The third-order valence-electron chi connectivity index (χ3n) is 8.55. The smallest absolute Gasteiger partial charge is 0.249 e. The molecule has 3 heterocycles. The number of amides is 4. The van der Waals surface area contributed by atoms with Gasteiger partial charge in [0.1, 0.15) is 17.6 Å². The number of carbonyl (C=O) groups is 4. The van der Waals surface area contributed by atoms with Crippen LogP contribution in [0.5, 0.6) is 0 Å². The van der Waals surface area contributed by atoms with Crippen LogP contribution in [0.4, 0.5) is 5.13 Å². The lowest BCUT2D eigenvalue weighted by molar-refractivity contribution is -0.142. The first-order valence-electron chi connectivity index (χ1n) is 15.5. The Morgan fingerprint density at radius 3 is 2.28 bits per heavy atom. The van der Waals surface area contributed by atoms with Gasteiger partial charge in [-0.25, -0.2) is 0 Å². The molecule has 43 heavy (non-hydrogen) atoms. The second kappa shape index (κ2) is 14.7. The number of nitrogens with one attached hydrogen (secondary N) is 2. The molecule has 11 nitrogen and oxygen atoms in total. The Labute approximate surface area is 260 Å². The molecule has 4 amide bonds. The Kier molecular flexibility index (Phi) is 11.9. The van der Waals surface area contributed by atoms with Gasteiger partial charge in [-0.2, -0.15) is 0 Å². The minimum Gasteiger partial charge on any atom is -0.342 e. The summed E-state index contributed by atoms with van der Waals surface area (Å²) >= 11 is 1.23. The van der Waals surface area contributed by atoms with Gasteiger partial charge in [0, 0.05) is 25.2 Å². The monoisotopic (exact) mass is 617 g/mol. The van der Waals surface area contributed by atoms with Crippen molar-refractivity contribution in [1.82, 2.24) is 30.2 Å². The number of likely N-dealkylation sites (N-methyl/N-ethyl adjacent to an activating group) is 1. The fraction of sp³-hybridized carbons (Fsp3) is 0.742. The van der Waals surface area contributed by atoms with Crippen molar-refractivity contribution in [2.75, 3.05) is 25.5 Å². The van der Waals surface area contributed by atoms with Gasteiger partial charge in [0.2, 0.25) is 28.8 Å². The first-order valence-corrected chi connectivity index (χ1v) is 16.4. The van der Waals surface area contributed by atoms with E-state index in [1.54, 1.807) is 23.8 Å². The molecule has 4 atom stereocenters. The summed E-state index contributed by atoms with van der Waals surface area (Å²) < 4.78 is 0. The molecule has 4 unspecified atom stereocenters. The van der Waals surface area contributed by atoms with Crippen molar-refractivity contribution in [2.45, 2.75) is 118 Å². The minimum atomic E-state index is -0.737. The summed E-state index contributed by atoms with van der Waals surface area (Å²) in [5.41, 5.74) is 1.48. The van der Waals surface area contributed by atoms with Crippen LogP contribution >= 0.6 is 11.3 Å². The van der Waals surface area contributed by atoms with E-state index >= 15 is 0 Å². The second-order valence-corrected chi connectivity index (χ2v) is 14.4. The van der Waals surface area contributed by atoms with E-state index < -0.39 is 23.5 Å². The van der Waals surface area contributed by atoms with Crippen molar-refractivity contribution in [3.63, 3.8) is 0 Å². The molecule has 2 saturated heterocycles. The molecule has 1 aromatic rings.